The van der Waals surface area contributed by atoms with E-state index in [4.69, 9.17) is 4.74 Å². The quantitative estimate of drug-likeness (QED) is 0.893. The maximum absolute atomic E-state index is 5.69. The molecule has 0 saturated heterocycles. The molecule has 0 radical (unpaired) electrons. The number of halogens is 1. The first kappa shape index (κ1) is 11.9. The van der Waals surface area contributed by atoms with Crippen molar-refractivity contribution < 1.29 is 4.74 Å². The van der Waals surface area contributed by atoms with Crippen LogP contribution >= 0.6 is 15.9 Å². The van der Waals surface area contributed by atoms with E-state index < -0.39 is 0 Å². The number of nitrogens with one attached hydrogen (secondary N) is 1. The maximum Gasteiger partial charge on any atom is 0.124 e. The highest BCUT2D eigenvalue weighted by Crippen LogP contribution is 2.44. The number of hydrogen-bond acceptors (Lipinski definition) is 2. The van der Waals surface area contributed by atoms with Crippen molar-refractivity contribution in [3.63, 3.8) is 0 Å². The van der Waals surface area contributed by atoms with Crippen molar-refractivity contribution in [1.29, 1.82) is 0 Å². The molecule has 0 amide bonds. The molecular weight excluding hydrogens is 266 g/mol. The van der Waals surface area contributed by atoms with Crippen LogP contribution in [0.1, 0.15) is 31.4 Å². The van der Waals surface area contributed by atoms with Gasteiger partial charge in [0, 0.05) is 16.1 Å². The molecule has 1 aromatic rings. The number of ether oxygens (including phenoxy) is 1. The molecule has 88 valence electrons. The SMILES string of the molecule is CCOc1ccc(Br)cc1C(NC)C1CC1. The van der Waals surface area contributed by atoms with Crippen LogP contribution in [-0.2, 0) is 0 Å². The Morgan fingerprint density at radius 1 is 1.50 bits per heavy atom. The number of hydrogen-bond donors (Lipinski definition) is 1. The molecule has 1 aliphatic carbocycles. The predicted molar refractivity (Wildman–Crippen MR) is 69.8 cm³/mol. The van der Waals surface area contributed by atoms with E-state index in [-0.39, 0.29) is 0 Å². The summed E-state index contributed by atoms with van der Waals surface area (Å²) >= 11 is 3.53. The monoisotopic (exact) mass is 283 g/mol. The third-order valence-corrected chi connectivity index (χ3v) is 3.50. The second-order valence-electron chi connectivity index (χ2n) is 4.22. The highest BCUT2D eigenvalue weighted by Gasteiger charge is 2.32. The van der Waals surface area contributed by atoms with E-state index in [1.54, 1.807) is 0 Å². The molecule has 0 spiro atoms. The number of benzene rings is 1. The lowest BCUT2D eigenvalue weighted by Crippen LogP contribution is -2.19. The Morgan fingerprint density at radius 2 is 2.25 bits per heavy atom. The van der Waals surface area contributed by atoms with Gasteiger partial charge in [-0.2, -0.15) is 0 Å². The van der Waals surface area contributed by atoms with E-state index in [0.717, 1.165) is 22.7 Å². The van der Waals surface area contributed by atoms with Crippen LogP contribution < -0.4 is 10.1 Å². The van der Waals surface area contributed by atoms with Crippen LogP contribution in [-0.4, -0.2) is 13.7 Å². The van der Waals surface area contributed by atoms with Gasteiger partial charge in [0.15, 0.2) is 0 Å². The molecular formula is C13H18BrNO. The van der Waals surface area contributed by atoms with Crippen LogP contribution in [0, 0.1) is 5.92 Å². The molecule has 2 nitrogen and oxygen atoms in total. The molecule has 1 N–H and O–H groups in total. The standard InChI is InChI=1S/C13H18BrNO/c1-3-16-12-7-6-10(14)8-11(12)13(15-2)9-4-5-9/h6-9,13,15H,3-5H2,1-2H3. The lowest BCUT2D eigenvalue weighted by molar-refractivity contribution is 0.330. The average molecular weight is 284 g/mol. The molecule has 1 unspecified atom stereocenters. The van der Waals surface area contributed by atoms with Crippen molar-refractivity contribution in [3.8, 4) is 5.75 Å². The zero-order valence-electron chi connectivity index (χ0n) is 9.79. The molecule has 1 atom stereocenters. The molecule has 0 aliphatic heterocycles. The molecule has 2 rings (SSSR count). The first-order valence-electron chi connectivity index (χ1n) is 5.85. The van der Waals surface area contributed by atoms with Crippen molar-refractivity contribution in [2.75, 3.05) is 13.7 Å². The molecule has 1 fully saturated rings. The first-order chi connectivity index (χ1) is 7.76. The van der Waals surface area contributed by atoms with Crippen LogP contribution in [0.25, 0.3) is 0 Å². The predicted octanol–water partition coefficient (Wildman–Crippen LogP) is 3.52. The van der Waals surface area contributed by atoms with Gasteiger partial charge in [0.25, 0.3) is 0 Å². The normalized spacial score (nSPS) is 17.2. The molecule has 1 saturated carbocycles. The summed E-state index contributed by atoms with van der Waals surface area (Å²) in [4.78, 5) is 0. The summed E-state index contributed by atoms with van der Waals surface area (Å²) in [5.41, 5.74) is 1.28. The van der Waals surface area contributed by atoms with Crippen LogP contribution in [0.15, 0.2) is 22.7 Å². The third kappa shape index (κ3) is 2.58. The second-order valence-corrected chi connectivity index (χ2v) is 5.13. The highest BCUT2D eigenvalue weighted by molar-refractivity contribution is 9.10. The average Bonchev–Trinajstić information content (AvgIpc) is 3.07. The van der Waals surface area contributed by atoms with E-state index in [1.807, 2.05) is 20.0 Å². The summed E-state index contributed by atoms with van der Waals surface area (Å²) in [5.74, 6) is 1.79. The van der Waals surface area contributed by atoms with Crippen molar-refractivity contribution in [2.24, 2.45) is 5.92 Å². The van der Waals surface area contributed by atoms with Crippen LogP contribution in [0.5, 0.6) is 5.75 Å². The van der Waals surface area contributed by atoms with Crippen LogP contribution in [0.2, 0.25) is 0 Å². The fourth-order valence-electron chi connectivity index (χ4n) is 2.12. The minimum Gasteiger partial charge on any atom is -0.494 e. The van der Waals surface area contributed by atoms with E-state index >= 15 is 0 Å². The smallest absolute Gasteiger partial charge is 0.124 e. The molecule has 1 aliphatic rings. The summed E-state index contributed by atoms with van der Waals surface area (Å²) < 4.78 is 6.81. The topological polar surface area (TPSA) is 21.3 Å². The van der Waals surface area contributed by atoms with Gasteiger partial charge in [0.05, 0.1) is 6.61 Å². The molecule has 1 aromatic carbocycles. The van der Waals surface area contributed by atoms with Gasteiger partial charge in [-0.3, -0.25) is 0 Å². The Kier molecular flexibility index (Phi) is 3.87. The minimum atomic E-state index is 0.430. The lowest BCUT2D eigenvalue weighted by atomic mass is 10.0. The Balaban J connectivity index is 2.30. The third-order valence-electron chi connectivity index (χ3n) is 3.01. The zero-order chi connectivity index (χ0) is 11.5. The Labute approximate surface area is 106 Å². The molecule has 16 heavy (non-hydrogen) atoms. The van der Waals surface area contributed by atoms with Crippen molar-refractivity contribution in [1.82, 2.24) is 5.32 Å². The summed E-state index contributed by atoms with van der Waals surface area (Å²) in [6, 6.07) is 6.69. The Bertz CT molecular complexity index is 363. The zero-order valence-corrected chi connectivity index (χ0v) is 11.4. The van der Waals surface area contributed by atoms with Crippen molar-refractivity contribution >= 4 is 15.9 Å². The van der Waals surface area contributed by atoms with Crippen molar-refractivity contribution in [2.45, 2.75) is 25.8 Å². The minimum absolute atomic E-state index is 0.430. The molecule has 0 bridgehead atoms. The molecule has 3 heteroatoms. The van der Waals surface area contributed by atoms with Crippen LogP contribution in [0.3, 0.4) is 0 Å². The van der Waals surface area contributed by atoms with Gasteiger partial charge in [-0.25, -0.2) is 0 Å². The number of rotatable bonds is 5. The van der Waals surface area contributed by atoms with E-state index in [2.05, 4.69) is 33.4 Å². The first-order valence-corrected chi connectivity index (χ1v) is 6.65. The highest BCUT2D eigenvalue weighted by atomic mass is 79.9. The lowest BCUT2D eigenvalue weighted by Gasteiger charge is -2.19. The second kappa shape index (κ2) is 5.19. The largest absolute Gasteiger partial charge is 0.494 e. The molecule has 0 aromatic heterocycles. The van der Waals surface area contributed by atoms with Gasteiger partial charge in [0.1, 0.15) is 5.75 Å². The van der Waals surface area contributed by atoms with E-state index in [0.29, 0.717) is 6.04 Å². The molecule has 0 heterocycles. The van der Waals surface area contributed by atoms with Gasteiger partial charge in [-0.15, -0.1) is 0 Å². The van der Waals surface area contributed by atoms with Gasteiger partial charge in [-0.05, 0) is 50.9 Å². The Morgan fingerprint density at radius 3 is 2.81 bits per heavy atom. The fourth-order valence-corrected chi connectivity index (χ4v) is 2.50. The summed E-state index contributed by atoms with van der Waals surface area (Å²) in [7, 11) is 2.03. The summed E-state index contributed by atoms with van der Waals surface area (Å²) in [6.07, 6.45) is 2.65. The summed E-state index contributed by atoms with van der Waals surface area (Å²) in [6.45, 7) is 2.74. The van der Waals surface area contributed by atoms with Gasteiger partial charge in [0.2, 0.25) is 0 Å². The van der Waals surface area contributed by atoms with Crippen LogP contribution in [0.4, 0.5) is 0 Å². The van der Waals surface area contributed by atoms with E-state index in [1.165, 1.54) is 18.4 Å². The maximum atomic E-state index is 5.69. The summed E-state index contributed by atoms with van der Waals surface area (Å²) in [5, 5.41) is 3.41. The van der Waals surface area contributed by atoms with Gasteiger partial charge >= 0.3 is 0 Å². The Hall–Kier alpha value is -0.540. The fraction of sp³-hybridized carbons (Fsp3) is 0.538. The van der Waals surface area contributed by atoms with Gasteiger partial charge < -0.3 is 10.1 Å². The van der Waals surface area contributed by atoms with E-state index in [9.17, 15) is 0 Å². The van der Waals surface area contributed by atoms with Gasteiger partial charge in [-0.1, -0.05) is 15.9 Å². The van der Waals surface area contributed by atoms with Crippen molar-refractivity contribution in [3.05, 3.63) is 28.2 Å².